The first-order valence-electron chi connectivity index (χ1n) is 8.04. The normalized spacial score (nSPS) is 11.7. The number of halogens is 1. The molecule has 0 bridgehead atoms. The fraction of sp³-hybridized carbons (Fsp3) is 0.105. The average Bonchev–Trinajstić information content (AvgIpc) is 3.17. The Morgan fingerprint density at radius 3 is 2.78 bits per heavy atom. The third-order valence-electron chi connectivity index (χ3n) is 3.78. The molecule has 0 saturated carbocycles. The molecule has 2 aromatic heterocycles. The van der Waals surface area contributed by atoms with Gasteiger partial charge in [-0.25, -0.2) is 4.98 Å². The van der Waals surface area contributed by atoms with Crippen LogP contribution in [0.15, 0.2) is 65.2 Å². The van der Waals surface area contributed by atoms with Gasteiger partial charge in [-0.3, -0.25) is 14.6 Å². The number of hydroxylamine groups is 1. The van der Waals surface area contributed by atoms with E-state index in [1.807, 2.05) is 30.3 Å². The van der Waals surface area contributed by atoms with Crippen LogP contribution in [0.1, 0.15) is 5.56 Å². The van der Waals surface area contributed by atoms with Crippen molar-refractivity contribution in [3.8, 4) is 10.6 Å². The van der Waals surface area contributed by atoms with Gasteiger partial charge in [-0.1, -0.05) is 28.1 Å². The van der Waals surface area contributed by atoms with Crippen LogP contribution < -0.4 is 10.8 Å². The third kappa shape index (κ3) is 4.79. The van der Waals surface area contributed by atoms with Crippen LogP contribution in [-0.4, -0.2) is 22.5 Å². The molecule has 1 aromatic carbocycles. The minimum absolute atomic E-state index is 0.414. The van der Waals surface area contributed by atoms with E-state index in [9.17, 15) is 4.79 Å². The van der Waals surface area contributed by atoms with Gasteiger partial charge in [0, 0.05) is 39.9 Å². The number of carbonyl (C=O) groups excluding carboxylic acids is 1. The van der Waals surface area contributed by atoms with Crippen molar-refractivity contribution in [2.75, 3.05) is 10.8 Å². The van der Waals surface area contributed by atoms with Crippen LogP contribution in [-0.2, 0) is 16.1 Å². The van der Waals surface area contributed by atoms with Gasteiger partial charge in [0.05, 0.1) is 0 Å². The summed E-state index contributed by atoms with van der Waals surface area (Å²) >= 11 is 4.80. The SMILES string of the molecule is C=CC(Cc1ccc(Br)cc1N)ON(C=O)c1csc(-c2ccncc2)n1. The Labute approximate surface area is 169 Å². The number of nitrogens with two attached hydrogens (primary N) is 1. The molecule has 3 aromatic rings. The Kier molecular flexibility index (Phi) is 6.33. The summed E-state index contributed by atoms with van der Waals surface area (Å²) in [5.74, 6) is 0.414. The Bertz CT molecular complexity index is 932. The molecule has 8 heteroatoms. The van der Waals surface area contributed by atoms with Crippen molar-refractivity contribution in [1.82, 2.24) is 9.97 Å². The number of nitrogens with zero attached hydrogens (tertiary/aromatic N) is 3. The predicted molar refractivity (Wildman–Crippen MR) is 111 cm³/mol. The van der Waals surface area contributed by atoms with Crippen molar-refractivity contribution in [2.24, 2.45) is 0 Å². The lowest BCUT2D eigenvalue weighted by Crippen LogP contribution is -2.29. The van der Waals surface area contributed by atoms with Crippen molar-refractivity contribution in [3.63, 3.8) is 0 Å². The third-order valence-corrected chi connectivity index (χ3v) is 5.15. The molecule has 0 aliphatic rings. The zero-order valence-corrected chi connectivity index (χ0v) is 16.7. The molecule has 138 valence electrons. The van der Waals surface area contributed by atoms with E-state index in [0.29, 0.717) is 24.3 Å². The smallest absolute Gasteiger partial charge is 0.239 e. The Balaban J connectivity index is 1.74. The lowest BCUT2D eigenvalue weighted by Gasteiger charge is -2.21. The topological polar surface area (TPSA) is 81.3 Å². The molecular formula is C19H17BrN4O2S. The molecule has 27 heavy (non-hydrogen) atoms. The fourth-order valence-corrected chi connectivity index (χ4v) is 3.58. The number of benzene rings is 1. The number of hydrogen-bond donors (Lipinski definition) is 1. The largest absolute Gasteiger partial charge is 0.398 e. The maximum absolute atomic E-state index is 11.6. The van der Waals surface area contributed by atoms with E-state index in [4.69, 9.17) is 10.6 Å². The molecule has 0 spiro atoms. The Hall–Kier alpha value is -2.55. The second kappa shape index (κ2) is 8.90. The van der Waals surface area contributed by atoms with Crippen LogP contribution in [0.5, 0.6) is 0 Å². The van der Waals surface area contributed by atoms with Crippen LogP contribution in [0.2, 0.25) is 0 Å². The number of thiazole rings is 1. The minimum Gasteiger partial charge on any atom is -0.398 e. The standard InChI is InChI=1S/C19H17BrN4O2S/c1-2-16(9-14-3-4-15(20)10-17(14)21)26-24(12-25)18-11-27-19(23-18)13-5-7-22-8-6-13/h2-8,10-12,16H,1,9,21H2. The van der Waals surface area contributed by atoms with Crippen LogP contribution >= 0.6 is 27.3 Å². The molecular weight excluding hydrogens is 428 g/mol. The second-order valence-electron chi connectivity index (χ2n) is 5.60. The molecule has 1 unspecified atom stereocenters. The van der Waals surface area contributed by atoms with Gasteiger partial charge in [0.2, 0.25) is 6.41 Å². The van der Waals surface area contributed by atoms with Crippen LogP contribution in [0.4, 0.5) is 11.5 Å². The Morgan fingerprint density at radius 1 is 1.33 bits per heavy atom. The molecule has 0 aliphatic carbocycles. The average molecular weight is 445 g/mol. The van der Waals surface area contributed by atoms with Crippen molar-refractivity contribution in [3.05, 3.63) is 70.8 Å². The van der Waals surface area contributed by atoms with Crippen molar-refractivity contribution < 1.29 is 9.63 Å². The number of amides is 1. The van der Waals surface area contributed by atoms with Gasteiger partial charge >= 0.3 is 0 Å². The maximum atomic E-state index is 11.6. The number of anilines is 2. The predicted octanol–water partition coefficient (Wildman–Crippen LogP) is 4.24. The number of hydrogen-bond acceptors (Lipinski definition) is 6. The number of pyridine rings is 1. The van der Waals surface area contributed by atoms with E-state index < -0.39 is 6.10 Å². The van der Waals surface area contributed by atoms with Crippen molar-refractivity contribution in [1.29, 1.82) is 0 Å². The number of aromatic nitrogens is 2. The van der Waals surface area contributed by atoms with Crippen molar-refractivity contribution >= 4 is 45.2 Å². The summed E-state index contributed by atoms with van der Waals surface area (Å²) < 4.78 is 0.903. The van der Waals surface area contributed by atoms with E-state index in [2.05, 4.69) is 32.5 Å². The molecule has 2 heterocycles. The van der Waals surface area contributed by atoms with Gasteiger partial charge in [-0.2, -0.15) is 5.06 Å². The van der Waals surface area contributed by atoms with E-state index >= 15 is 0 Å². The van der Waals surface area contributed by atoms with Crippen LogP contribution in [0.3, 0.4) is 0 Å². The summed E-state index contributed by atoms with van der Waals surface area (Å²) in [5, 5.41) is 3.65. The number of carbonyl (C=O) groups is 1. The summed E-state index contributed by atoms with van der Waals surface area (Å²) in [6.07, 6.45) is 5.65. The van der Waals surface area contributed by atoms with Gasteiger partial charge in [-0.15, -0.1) is 17.9 Å². The zero-order valence-electron chi connectivity index (χ0n) is 14.3. The second-order valence-corrected chi connectivity index (χ2v) is 7.38. The van der Waals surface area contributed by atoms with E-state index in [0.717, 1.165) is 25.7 Å². The lowest BCUT2D eigenvalue weighted by molar-refractivity contribution is -0.115. The molecule has 1 amide bonds. The number of nitrogen functional groups attached to an aromatic ring is 1. The summed E-state index contributed by atoms with van der Waals surface area (Å²) in [6, 6.07) is 9.36. The highest BCUT2D eigenvalue weighted by atomic mass is 79.9. The molecule has 1 atom stereocenters. The fourth-order valence-electron chi connectivity index (χ4n) is 2.40. The molecule has 0 radical (unpaired) electrons. The summed E-state index contributed by atoms with van der Waals surface area (Å²) in [7, 11) is 0. The quantitative estimate of drug-likeness (QED) is 0.243. The highest BCUT2D eigenvalue weighted by Gasteiger charge is 2.17. The lowest BCUT2D eigenvalue weighted by atomic mass is 10.1. The first-order valence-corrected chi connectivity index (χ1v) is 9.71. The molecule has 0 aliphatic heterocycles. The highest BCUT2D eigenvalue weighted by Crippen LogP contribution is 2.28. The first kappa shape index (κ1) is 19.2. The molecule has 0 saturated heterocycles. The van der Waals surface area contributed by atoms with Gasteiger partial charge in [0.1, 0.15) is 11.1 Å². The Morgan fingerprint density at radius 2 is 2.11 bits per heavy atom. The minimum atomic E-state index is -0.440. The number of rotatable bonds is 8. The van der Waals surface area contributed by atoms with Gasteiger partial charge in [-0.05, 0) is 29.8 Å². The molecule has 0 fully saturated rings. The first-order chi connectivity index (χ1) is 13.1. The monoisotopic (exact) mass is 444 g/mol. The van der Waals surface area contributed by atoms with Gasteiger partial charge in [0.25, 0.3) is 0 Å². The highest BCUT2D eigenvalue weighted by molar-refractivity contribution is 9.10. The zero-order chi connectivity index (χ0) is 19.2. The molecule has 2 N–H and O–H groups in total. The van der Waals surface area contributed by atoms with Crippen LogP contribution in [0, 0.1) is 0 Å². The van der Waals surface area contributed by atoms with Crippen LogP contribution in [0.25, 0.3) is 10.6 Å². The molecule has 3 rings (SSSR count). The van der Waals surface area contributed by atoms with Crippen molar-refractivity contribution in [2.45, 2.75) is 12.5 Å². The van der Waals surface area contributed by atoms with E-state index in [1.54, 1.807) is 23.8 Å². The summed E-state index contributed by atoms with van der Waals surface area (Å²) in [5.41, 5.74) is 8.53. The van der Waals surface area contributed by atoms with Gasteiger partial charge < -0.3 is 5.73 Å². The van der Waals surface area contributed by atoms with E-state index in [1.165, 1.54) is 11.3 Å². The summed E-state index contributed by atoms with van der Waals surface area (Å²) in [6.45, 7) is 3.80. The van der Waals surface area contributed by atoms with Gasteiger partial charge in [0.15, 0.2) is 5.82 Å². The molecule has 6 nitrogen and oxygen atoms in total. The maximum Gasteiger partial charge on any atom is 0.239 e. The van der Waals surface area contributed by atoms with E-state index in [-0.39, 0.29) is 0 Å². The summed E-state index contributed by atoms with van der Waals surface area (Å²) in [4.78, 5) is 25.8.